The molecule has 3 aliphatic rings. The van der Waals surface area contributed by atoms with Gasteiger partial charge >= 0.3 is 0 Å². The van der Waals surface area contributed by atoms with E-state index in [2.05, 4.69) is 0 Å². The molecule has 0 heterocycles. The molecule has 12 nitrogen and oxygen atoms in total. The average Bonchev–Trinajstić information content (AvgIpc) is 2.89. The number of Topliss-reactive ketones (excluding diaryl/α,β-unsaturated/α-hetero) is 4. The SMILES string of the molecule is CN(C)c1cc(-c2ccc(Cl)c(Cl)c2)c(O)c2c1C[C@@]1(N)C[C@@]3(N)[C@H](N(C)C)C(=O)C(C(N)=O)C(=O)[C@@]3(C#N)C(=O)C1C2=O. The van der Waals surface area contributed by atoms with E-state index in [0.29, 0.717) is 16.8 Å². The number of ketones is 4. The molecule has 230 valence electrons. The topological polar surface area (TPSA) is 214 Å². The number of carbonyl (C=O) groups excluding carboxylic acids is 5. The van der Waals surface area contributed by atoms with Crippen LogP contribution in [0, 0.1) is 28.6 Å². The summed E-state index contributed by atoms with van der Waals surface area (Å²) in [4.78, 5) is 71.8. The molecule has 0 aromatic heterocycles. The van der Waals surface area contributed by atoms with Gasteiger partial charge in [-0.3, -0.25) is 28.9 Å². The molecule has 0 saturated heterocycles. The standard InChI is InChI=1S/C30H30Cl2N6O6/c1-37(2)17-8-13(12-5-6-15(31)16(32)7-12)21(39)18-14(17)9-28(35)10-30(36)24(38(3)4)23(41)19(27(34)44)25(42)29(30,11-33)26(43)20(28)22(18)40/h5-8,19-20,24,39H,9-10,35-36H2,1-4H3,(H2,34,44)/t19?,20?,24-,28-,29+,30-/m1/s1. The van der Waals surface area contributed by atoms with Crippen LogP contribution in [0.3, 0.4) is 0 Å². The van der Waals surface area contributed by atoms with E-state index >= 15 is 0 Å². The van der Waals surface area contributed by atoms with Gasteiger partial charge in [0, 0.05) is 30.9 Å². The number of amides is 1. The highest BCUT2D eigenvalue weighted by molar-refractivity contribution is 6.42. The summed E-state index contributed by atoms with van der Waals surface area (Å²) in [6, 6.07) is 6.48. The molecule has 1 amide bonds. The van der Waals surface area contributed by atoms with Gasteiger partial charge in [-0.1, -0.05) is 29.3 Å². The van der Waals surface area contributed by atoms with Crippen LogP contribution in [-0.4, -0.2) is 84.4 Å². The lowest BCUT2D eigenvalue weighted by molar-refractivity contribution is -0.166. The van der Waals surface area contributed by atoms with Crippen molar-refractivity contribution >= 4 is 57.9 Å². The minimum absolute atomic E-state index is 0.185. The Labute approximate surface area is 262 Å². The first-order valence-corrected chi connectivity index (χ1v) is 14.3. The second kappa shape index (κ2) is 10.1. The minimum atomic E-state index is -2.82. The molecule has 0 radical (unpaired) electrons. The van der Waals surface area contributed by atoms with Crippen molar-refractivity contribution < 1.29 is 29.1 Å². The maximum Gasteiger partial charge on any atom is 0.235 e. The smallest absolute Gasteiger partial charge is 0.235 e. The molecule has 0 spiro atoms. The molecule has 5 rings (SSSR count). The third-order valence-corrected chi connectivity index (χ3v) is 10.0. The summed E-state index contributed by atoms with van der Waals surface area (Å²) in [6.45, 7) is 0. The van der Waals surface area contributed by atoms with Crippen molar-refractivity contribution in [3.63, 3.8) is 0 Å². The number of phenolic OH excluding ortho intramolecular Hbond substituents is 1. The molecule has 7 N–H and O–H groups in total. The Kier molecular flexibility index (Phi) is 7.23. The number of fused-ring (bicyclic) bond motifs is 3. The van der Waals surface area contributed by atoms with Gasteiger partial charge in [0.1, 0.15) is 11.7 Å². The van der Waals surface area contributed by atoms with Crippen LogP contribution >= 0.6 is 23.2 Å². The molecule has 6 atom stereocenters. The molecule has 44 heavy (non-hydrogen) atoms. The lowest BCUT2D eigenvalue weighted by Gasteiger charge is -2.60. The molecule has 0 bridgehead atoms. The zero-order valence-electron chi connectivity index (χ0n) is 24.3. The van der Waals surface area contributed by atoms with Crippen molar-refractivity contribution in [3.8, 4) is 22.9 Å². The van der Waals surface area contributed by atoms with Crippen LogP contribution in [0.1, 0.15) is 22.3 Å². The van der Waals surface area contributed by atoms with Crippen LogP contribution < -0.4 is 22.1 Å². The van der Waals surface area contributed by atoms with Gasteiger partial charge < -0.3 is 27.2 Å². The number of primary amides is 1. The van der Waals surface area contributed by atoms with Gasteiger partial charge in [0.05, 0.1) is 33.3 Å². The number of nitriles is 1. The molecule has 3 aliphatic carbocycles. The van der Waals surface area contributed by atoms with Gasteiger partial charge in [-0.15, -0.1) is 0 Å². The summed E-state index contributed by atoms with van der Waals surface area (Å²) in [7, 11) is 6.32. The number of benzene rings is 2. The summed E-state index contributed by atoms with van der Waals surface area (Å²) >= 11 is 12.3. The van der Waals surface area contributed by atoms with Gasteiger partial charge in [-0.05, 0) is 56.3 Å². The number of nitrogens with zero attached hydrogens (tertiary/aromatic N) is 3. The van der Waals surface area contributed by atoms with Crippen LogP contribution in [-0.2, 0) is 25.6 Å². The number of likely N-dealkylation sites (N-methyl/N-ethyl adjacent to an activating group) is 1. The monoisotopic (exact) mass is 640 g/mol. The summed E-state index contributed by atoms with van der Waals surface area (Å²) in [6.07, 6.45) is -0.682. The molecule has 14 heteroatoms. The summed E-state index contributed by atoms with van der Waals surface area (Å²) in [5.74, 6) is -10.3. The molecule has 2 unspecified atom stereocenters. The van der Waals surface area contributed by atoms with Crippen molar-refractivity contribution in [2.24, 2.45) is 34.5 Å². The number of nitrogens with two attached hydrogens (primary N) is 3. The number of hydrogen-bond donors (Lipinski definition) is 4. The lowest BCUT2D eigenvalue weighted by Crippen LogP contribution is -2.85. The Morgan fingerprint density at radius 1 is 1.05 bits per heavy atom. The number of rotatable bonds is 4. The Morgan fingerprint density at radius 3 is 2.20 bits per heavy atom. The van der Waals surface area contributed by atoms with E-state index in [1.165, 1.54) is 31.1 Å². The van der Waals surface area contributed by atoms with Crippen LogP contribution in [0.5, 0.6) is 5.75 Å². The van der Waals surface area contributed by atoms with Gasteiger partial charge in [0.2, 0.25) is 5.91 Å². The van der Waals surface area contributed by atoms with Crippen molar-refractivity contribution in [2.75, 3.05) is 33.1 Å². The molecule has 2 saturated carbocycles. The van der Waals surface area contributed by atoms with Gasteiger partial charge in [-0.25, -0.2) is 0 Å². The zero-order valence-corrected chi connectivity index (χ0v) is 25.8. The zero-order chi connectivity index (χ0) is 32.8. The van der Waals surface area contributed by atoms with E-state index in [0.717, 1.165) is 0 Å². The molecular formula is C30H30Cl2N6O6. The summed E-state index contributed by atoms with van der Waals surface area (Å²) in [5, 5.41) is 22.6. The van der Waals surface area contributed by atoms with Crippen LogP contribution in [0.15, 0.2) is 24.3 Å². The highest BCUT2D eigenvalue weighted by Crippen LogP contribution is 2.57. The van der Waals surface area contributed by atoms with Crippen molar-refractivity contribution in [1.82, 2.24) is 4.90 Å². The van der Waals surface area contributed by atoms with Gasteiger partial charge in [0.15, 0.2) is 34.5 Å². The van der Waals surface area contributed by atoms with Crippen molar-refractivity contribution in [3.05, 3.63) is 45.4 Å². The van der Waals surface area contributed by atoms with Crippen LogP contribution in [0.25, 0.3) is 11.1 Å². The van der Waals surface area contributed by atoms with Crippen molar-refractivity contribution in [2.45, 2.75) is 30.0 Å². The largest absolute Gasteiger partial charge is 0.507 e. The van der Waals surface area contributed by atoms with E-state index in [-0.39, 0.29) is 27.6 Å². The second-order valence-corrected chi connectivity index (χ2v) is 13.1. The molecule has 0 aliphatic heterocycles. The van der Waals surface area contributed by atoms with E-state index < -0.39 is 75.6 Å². The molecular weight excluding hydrogens is 611 g/mol. The number of aromatic hydroxyl groups is 1. The van der Waals surface area contributed by atoms with E-state index in [4.69, 9.17) is 40.4 Å². The van der Waals surface area contributed by atoms with Gasteiger partial charge in [-0.2, -0.15) is 5.26 Å². The fraction of sp³-hybridized carbons (Fsp3) is 0.400. The predicted octanol–water partition coefficient (Wildman–Crippen LogP) is 0.848. The fourth-order valence-electron chi connectivity index (χ4n) is 7.54. The molecule has 2 aromatic carbocycles. The maximum atomic E-state index is 14.6. The first kappa shape index (κ1) is 31.6. The normalized spacial score (nSPS) is 31.2. The number of halogens is 2. The Balaban J connectivity index is 1.80. The predicted molar refractivity (Wildman–Crippen MR) is 161 cm³/mol. The minimum Gasteiger partial charge on any atom is -0.507 e. The molecule has 2 aromatic rings. The van der Waals surface area contributed by atoms with Gasteiger partial charge in [0.25, 0.3) is 0 Å². The summed E-state index contributed by atoms with van der Waals surface area (Å²) < 4.78 is 0. The number of phenols is 1. The average molecular weight is 642 g/mol. The molecule has 2 fully saturated rings. The highest BCUT2D eigenvalue weighted by atomic mass is 35.5. The lowest BCUT2D eigenvalue weighted by atomic mass is 9.42. The van der Waals surface area contributed by atoms with Crippen molar-refractivity contribution in [1.29, 1.82) is 5.26 Å². The Morgan fingerprint density at radius 2 is 1.68 bits per heavy atom. The number of anilines is 1. The number of carbonyl (C=O) groups is 5. The first-order valence-electron chi connectivity index (χ1n) is 13.5. The Bertz CT molecular complexity index is 1750. The fourth-order valence-corrected chi connectivity index (χ4v) is 7.84. The van der Waals surface area contributed by atoms with Crippen LogP contribution in [0.2, 0.25) is 10.0 Å². The third kappa shape index (κ3) is 3.90. The highest BCUT2D eigenvalue weighted by Gasteiger charge is 2.78. The van der Waals surface area contributed by atoms with E-state index in [1.807, 2.05) is 0 Å². The second-order valence-electron chi connectivity index (χ2n) is 12.3. The Hall–Kier alpha value is -3.86. The summed E-state index contributed by atoms with van der Waals surface area (Å²) in [5.41, 5.74) is 13.6. The maximum absolute atomic E-state index is 14.6. The third-order valence-electron chi connectivity index (χ3n) is 9.28. The quantitative estimate of drug-likeness (QED) is 0.344. The van der Waals surface area contributed by atoms with E-state index in [1.54, 1.807) is 37.2 Å². The van der Waals surface area contributed by atoms with E-state index in [9.17, 15) is 34.3 Å². The first-order chi connectivity index (χ1) is 20.4. The van der Waals surface area contributed by atoms with Crippen LogP contribution in [0.4, 0.5) is 5.69 Å². The number of hydrogen-bond acceptors (Lipinski definition) is 11.